The number of allylic oxidation sites excluding steroid dienone is 8. The van der Waals surface area contributed by atoms with Crippen molar-refractivity contribution >= 4 is 19.8 Å². The molecule has 0 spiro atoms. The van der Waals surface area contributed by atoms with Gasteiger partial charge >= 0.3 is 19.8 Å². The lowest BCUT2D eigenvalue weighted by Gasteiger charge is -2.39. The summed E-state index contributed by atoms with van der Waals surface area (Å²) < 4.78 is 40.2. The van der Waals surface area contributed by atoms with E-state index in [1.165, 1.54) is 25.3 Å². The van der Waals surface area contributed by atoms with Crippen LogP contribution in [0.25, 0.3) is 0 Å². The molecule has 18 heteroatoms. The fourth-order valence-electron chi connectivity index (χ4n) is 7.22. The number of carbonyl (C=O) groups excluding carboxylic acids is 2. The number of ether oxygens (including phenoxy) is 3. The van der Waals surface area contributed by atoms with Crippen LogP contribution in [0, 0.1) is 5.92 Å². The Balaban J connectivity index is 2.26. The summed E-state index contributed by atoms with van der Waals surface area (Å²) in [4.78, 5) is 36.5. The quantitative estimate of drug-likeness (QED) is 0.0334. The number of cyclic esters (lactones) is 1. The molecule has 17 nitrogen and oxygen atoms in total. The number of carbonyl (C=O) groups is 2. The van der Waals surface area contributed by atoms with Crippen LogP contribution in [0.5, 0.6) is 0 Å². The molecule has 2 heterocycles. The number of phosphoric acid groups is 1. The van der Waals surface area contributed by atoms with Gasteiger partial charge in [0.1, 0.15) is 43.2 Å². The van der Waals surface area contributed by atoms with Crippen LogP contribution >= 0.6 is 7.82 Å². The van der Waals surface area contributed by atoms with E-state index in [2.05, 4.69) is 31.2 Å². The Hall–Kier alpha value is -2.61. The van der Waals surface area contributed by atoms with E-state index in [1.807, 2.05) is 19.1 Å². The number of aliphatic hydroxyl groups is 8. The van der Waals surface area contributed by atoms with Crippen molar-refractivity contribution in [2.24, 2.45) is 5.92 Å². The van der Waals surface area contributed by atoms with Crippen molar-refractivity contribution in [2.75, 3.05) is 13.2 Å². The van der Waals surface area contributed by atoms with E-state index in [1.54, 1.807) is 12.2 Å². The molecule has 2 rings (SSSR count). The summed E-state index contributed by atoms with van der Waals surface area (Å²) in [5, 5.41) is 89.3. The van der Waals surface area contributed by atoms with Gasteiger partial charge < -0.3 is 60.0 Å². The predicted molar refractivity (Wildman–Crippen MR) is 243 cm³/mol. The van der Waals surface area contributed by atoms with Crippen molar-refractivity contribution in [2.45, 2.75) is 203 Å². The molecule has 0 aliphatic carbocycles. The molecule has 1 fully saturated rings. The first-order valence-electron chi connectivity index (χ1n) is 23.5. The van der Waals surface area contributed by atoms with E-state index >= 15 is 0 Å². The standard InChI is InChI=1S/C47H79O17P/c1-3-5-7-8-9-10-11-12-13-14-15-16-17-18-24-28-40(51)62-35-32-60-39(50)27-23-20-19-22-26-36-37(49)31-41(52)63-38(30-29-34(48)25-21-6-4-2)43(54)45(56)47(46(57)44(55)42(36)53)64-65(58,59)61-33-35/h9-10,12-13,15-16,19,22,29-30,34-38,41-49,52-57H,3-8,11,14,17-18,20-21,23-28,31-33H2,1-2H3,(H,58,59)/b10-9-,13-12-,16-15-,22-19?,30-29?/t34-,35+,36-,37-,38+,41?,42+,43+,44-,45+,46+,47+/m0/s1. The number of phosphoric ester groups is 1. The molecular weight excluding hydrogens is 867 g/mol. The molecule has 374 valence electrons. The number of hydrogen-bond acceptors (Lipinski definition) is 16. The first-order valence-corrected chi connectivity index (χ1v) is 25.0. The highest BCUT2D eigenvalue weighted by molar-refractivity contribution is 7.47. The third kappa shape index (κ3) is 24.8. The molecular formula is C47H79O17P. The smallest absolute Gasteiger partial charge is 0.462 e. The molecule has 0 saturated carbocycles. The van der Waals surface area contributed by atoms with E-state index in [0.29, 0.717) is 44.9 Å². The topological polar surface area (TPSA) is 279 Å². The summed E-state index contributed by atoms with van der Waals surface area (Å²) in [6.07, 6.45) is 7.57. The van der Waals surface area contributed by atoms with Gasteiger partial charge in [0.15, 0.2) is 12.4 Å². The molecule has 2 aliphatic rings. The zero-order valence-electron chi connectivity index (χ0n) is 38.3. The highest BCUT2D eigenvalue weighted by Gasteiger charge is 2.48. The summed E-state index contributed by atoms with van der Waals surface area (Å²) in [6.45, 7) is 2.71. The fourth-order valence-corrected chi connectivity index (χ4v) is 8.19. The van der Waals surface area contributed by atoms with Gasteiger partial charge in [0.25, 0.3) is 0 Å². The molecule has 0 aromatic carbocycles. The highest BCUT2D eigenvalue weighted by Crippen LogP contribution is 2.47. The average molecular weight is 947 g/mol. The SMILES string of the molecule is CCCCC/C=C\C/C=C\C/C=C\CCCCC(=O)O[C@@H]1COC(=O)CCCC=CC[C@@H]2[C@@H](O)[C@H](O)[C@@H](O)[C@H](OP(=O)(O)OC1)[C@H](O)[C@H](O)[C@@H](C=C[C@@H](O)CCCCC)OC(O)C[C@@H]2O. The minimum Gasteiger partial charge on any atom is -0.462 e. The van der Waals surface area contributed by atoms with Crippen molar-refractivity contribution in [1.29, 1.82) is 0 Å². The Bertz CT molecular complexity index is 1500. The summed E-state index contributed by atoms with van der Waals surface area (Å²) in [7, 11) is -5.49. The number of unbranched alkanes of at least 4 members (excludes halogenated alkanes) is 7. The van der Waals surface area contributed by atoms with E-state index in [9.17, 15) is 59.9 Å². The Morgan fingerprint density at radius 3 is 2.12 bits per heavy atom. The number of fused-ring (bicyclic) bond motifs is 4. The van der Waals surface area contributed by atoms with Gasteiger partial charge in [-0.05, 0) is 70.6 Å². The van der Waals surface area contributed by atoms with Gasteiger partial charge in [-0.15, -0.1) is 0 Å². The average Bonchev–Trinajstić information content (AvgIpc) is 3.27. The van der Waals surface area contributed by atoms with E-state index in [-0.39, 0.29) is 19.3 Å². The maximum absolute atomic E-state index is 13.5. The molecule has 0 aromatic rings. The number of hydrogen-bond donors (Lipinski definition) is 9. The lowest BCUT2D eigenvalue weighted by Crippen LogP contribution is -2.58. The zero-order valence-corrected chi connectivity index (χ0v) is 39.2. The normalized spacial score (nSPS) is 32.6. The largest absolute Gasteiger partial charge is 0.472 e. The van der Waals surface area contributed by atoms with Gasteiger partial charge in [-0.3, -0.25) is 18.6 Å². The first-order chi connectivity index (χ1) is 31.1. The molecule has 0 aromatic heterocycles. The van der Waals surface area contributed by atoms with Crippen molar-refractivity contribution < 1.29 is 83.2 Å². The van der Waals surface area contributed by atoms with Gasteiger partial charge in [-0.2, -0.15) is 0 Å². The molecule has 2 unspecified atom stereocenters. The highest BCUT2D eigenvalue weighted by atomic mass is 31.2. The molecule has 0 amide bonds. The monoisotopic (exact) mass is 947 g/mol. The van der Waals surface area contributed by atoms with Crippen LogP contribution < -0.4 is 0 Å². The second kappa shape index (κ2) is 33.8. The maximum Gasteiger partial charge on any atom is 0.472 e. The lowest BCUT2D eigenvalue weighted by molar-refractivity contribution is -0.213. The summed E-state index contributed by atoms with van der Waals surface area (Å²) in [5.74, 6) is -2.69. The van der Waals surface area contributed by atoms with Crippen LogP contribution in [0.1, 0.15) is 136 Å². The predicted octanol–water partition coefficient (Wildman–Crippen LogP) is 5.05. The van der Waals surface area contributed by atoms with Gasteiger partial charge in [0.2, 0.25) is 0 Å². The molecule has 1 saturated heterocycles. The minimum absolute atomic E-state index is 0.0290. The maximum atomic E-state index is 13.5. The molecule has 65 heavy (non-hydrogen) atoms. The van der Waals surface area contributed by atoms with Crippen molar-refractivity contribution in [1.82, 2.24) is 0 Å². The van der Waals surface area contributed by atoms with Gasteiger partial charge in [-0.25, -0.2) is 4.57 Å². The third-order valence-corrected chi connectivity index (χ3v) is 12.1. The Kier molecular flexibility index (Phi) is 30.4. The summed E-state index contributed by atoms with van der Waals surface area (Å²) in [5.41, 5.74) is 0. The summed E-state index contributed by atoms with van der Waals surface area (Å²) in [6, 6.07) is 0. The van der Waals surface area contributed by atoms with Crippen LogP contribution in [0.4, 0.5) is 0 Å². The van der Waals surface area contributed by atoms with E-state index < -0.39 is 113 Å². The number of esters is 2. The Morgan fingerprint density at radius 1 is 0.815 bits per heavy atom. The van der Waals surface area contributed by atoms with E-state index in [4.69, 9.17) is 23.3 Å². The number of aliphatic hydroxyl groups excluding tert-OH is 8. The minimum atomic E-state index is -5.49. The van der Waals surface area contributed by atoms with E-state index in [0.717, 1.165) is 38.2 Å². The van der Waals surface area contributed by atoms with Crippen LogP contribution in [-0.4, -0.2) is 138 Å². The molecule has 13 atom stereocenters. The van der Waals surface area contributed by atoms with Crippen LogP contribution in [-0.2, 0) is 37.4 Å². The Labute approximate surface area is 385 Å². The molecule has 2 aliphatic heterocycles. The second-order valence-electron chi connectivity index (χ2n) is 16.8. The molecule has 0 radical (unpaired) electrons. The van der Waals surface area contributed by atoms with Crippen molar-refractivity contribution in [3.05, 3.63) is 60.8 Å². The van der Waals surface area contributed by atoms with Crippen molar-refractivity contribution in [3.8, 4) is 0 Å². The zero-order chi connectivity index (χ0) is 48.0. The molecule has 9 N–H and O–H groups in total. The number of rotatable bonds is 20. The van der Waals surface area contributed by atoms with Gasteiger partial charge in [0, 0.05) is 25.2 Å². The van der Waals surface area contributed by atoms with Crippen LogP contribution in [0.15, 0.2) is 60.8 Å². The second-order valence-corrected chi connectivity index (χ2v) is 18.2. The Morgan fingerprint density at radius 2 is 1.45 bits per heavy atom. The third-order valence-electron chi connectivity index (χ3n) is 11.1. The van der Waals surface area contributed by atoms with Gasteiger partial charge in [-0.1, -0.05) is 107 Å². The van der Waals surface area contributed by atoms with Crippen LogP contribution in [0.3, 0.4) is 0 Å². The lowest BCUT2D eigenvalue weighted by atomic mass is 9.83. The summed E-state index contributed by atoms with van der Waals surface area (Å²) >= 11 is 0. The molecule has 2 bridgehead atoms. The fraction of sp³-hybridized carbons (Fsp3) is 0.745. The van der Waals surface area contributed by atoms with Gasteiger partial charge in [0.05, 0.1) is 24.9 Å². The van der Waals surface area contributed by atoms with Crippen molar-refractivity contribution in [3.63, 3.8) is 0 Å². The van der Waals surface area contributed by atoms with Crippen LogP contribution in [0.2, 0.25) is 0 Å². The first kappa shape index (κ1) is 58.5.